The number of oxime groups is 1. The second-order valence-corrected chi connectivity index (χ2v) is 2.91. The van der Waals surface area contributed by atoms with Gasteiger partial charge in [0.05, 0.1) is 19.8 Å². The Bertz CT molecular complexity index is 164. The Morgan fingerprint density at radius 3 is 2.40 bits per heavy atom. The molecule has 0 saturated carbocycles. The van der Waals surface area contributed by atoms with Crippen LogP contribution in [0, 0.1) is 0 Å². The van der Waals surface area contributed by atoms with Crippen LogP contribution in [-0.4, -0.2) is 51.2 Å². The van der Waals surface area contributed by atoms with Gasteiger partial charge >= 0.3 is 0 Å². The van der Waals surface area contributed by atoms with Crippen molar-refractivity contribution in [3.63, 3.8) is 0 Å². The first-order valence-corrected chi connectivity index (χ1v) is 4.92. The summed E-state index contributed by atoms with van der Waals surface area (Å²) in [7, 11) is 1.64. The van der Waals surface area contributed by atoms with Gasteiger partial charge in [0, 0.05) is 26.7 Å². The van der Waals surface area contributed by atoms with Crippen LogP contribution in [0.3, 0.4) is 0 Å². The average molecular weight is 220 g/mol. The molecule has 0 bridgehead atoms. The summed E-state index contributed by atoms with van der Waals surface area (Å²) >= 11 is 0. The minimum Gasteiger partial charge on any atom is -0.409 e. The number of ether oxygens (including phenoxy) is 3. The van der Waals surface area contributed by atoms with E-state index in [1.165, 1.54) is 0 Å². The van der Waals surface area contributed by atoms with E-state index in [2.05, 4.69) is 5.16 Å². The van der Waals surface area contributed by atoms with Crippen molar-refractivity contribution in [2.75, 3.05) is 40.1 Å². The first kappa shape index (κ1) is 14.2. The highest BCUT2D eigenvalue weighted by molar-refractivity contribution is 5.79. The number of nitrogens with zero attached hydrogens (tertiary/aromatic N) is 1. The minimum atomic E-state index is 0.186. The summed E-state index contributed by atoms with van der Waals surface area (Å²) in [6.45, 7) is 2.97. The summed E-state index contributed by atoms with van der Waals surface area (Å²) in [5.74, 6) is 0.186. The van der Waals surface area contributed by atoms with Crippen molar-refractivity contribution in [2.24, 2.45) is 10.9 Å². The SMILES string of the molecule is COCCOCCCOCCC(N)=NO. The number of methoxy groups -OCH3 is 1. The Hall–Kier alpha value is -0.850. The number of nitrogens with two attached hydrogens (primary N) is 1. The maximum Gasteiger partial charge on any atom is 0.141 e. The van der Waals surface area contributed by atoms with Gasteiger partial charge in [-0.15, -0.1) is 0 Å². The van der Waals surface area contributed by atoms with E-state index in [0.717, 1.165) is 6.42 Å². The van der Waals surface area contributed by atoms with Crippen LogP contribution in [-0.2, 0) is 14.2 Å². The van der Waals surface area contributed by atoms with E-state index in [1.807, 2.05) is 0 Å². The zero-order chi connectivity index (χ0) is 11.4. The van der Waals surface area contributed by atoms with Crippen LogP contribution >= 0.6 is 0 Å². The molecule has 0 aliphatic rings. The zero-order valence-corrected chi connectivity index (χ0v) is 9.15. The summed E-state index contributed by atoms with van der Waals surface area (Å²) in [5, 5.41) is 11.1. The molecule has 0 rings (SSSR count). The lowest BCUT2D eigenvalue weighted by atomic mass is 10.4. The third-order valence-corrected chi connectivity index (χ3v) is 1.64. The van der Waals surface area contributed by atoms with E-state index >= 15 is 0 Å². The summed E-state index contributed by atoms with van der Waals surface area (Å²) in [4.78, 5) is 0. The van der Waals surface area contributed by atoms with Crippen LogP contribution in [0.1, 0.15) is 12.8 Å². The van der Waals surface area contributed by atoms with Gasteiger partial charge in [0.25, 0.3) is 0 Å². The maximum atomic E-state index is 8.23. The molecule has 3 N–H and O–H groups in total. The summed E-state index contributed by atoms with van der Waals surface area (Å²) in [6.07, 6.45) is 1.28. The molecule has 0 aromatic carbocycles. The van der Waals surface area contributed by atoms with Gasteiger partial charge in [-0.1, -0.05) is 5.16 Å². The second-order valence-electron chi connectivity index (χ2n) is 2.91. The van der Waals surface area contributed by atoms with Gasteiger partial charge in [0.2, 0.25) is 0 Å². The van der Waals surface area contributed by atoms with Gasteiger partial charge in [-0.2, -0.15) is 0 Å². The molecule has 0 aromatic rings. The number of rotatable bonds is 10. The van der Waals surface area contributed by atoms with E-state index in [9.17, 15) is 0 Å². The lowest BCUT2D eigenvalue weighted by Gasteiger charge is -2.04. The maximum absolute atomic E-state index is 8.23. The topological polar surface area (TPSA) is 86.3 Å². The predicted molar refractivity (Wildman–Crippen MR) is 56.2 cm³/mol. The molecular formula is C9H20N2O4. The van der Waals surface area contributed by atoms with E-state index in [4.69, 9.17) is 25.2 Å². The van der Waals surface area contributed by atoms with Gasteiger partial charge in [-0.05, 0) is 6.42 Å². The molecule has 0 atom stereocenters. The molecule has 0 aliphatic heterocycles. The Balaban J connectivity index is 2.99. The van der Waals surface area contributed by atoms with Crippen molar-refractivity contribution in [1.29, 1.82) is 0 Å². The second kappa shape index (κ2) is 11.2. The van der Waals surface area contributed by atoms with Crippen molar-refractivity contribution in [2.45, 2.75) is 12.8 Å². The van der Waals surface area contributed by atoms with Crippen molar-refractivity contribution in [1.82, 2.24) is 0 Å². The Kier molecular flexibility index (Phi) is 10.6. The molecule has 0 fully saturated rings. The van der Waals surface area contributed by atoms with Crippen LogP contribution < -0.4 is 5.73 Å². The van der Waals surface area contributed by atoms with Crippen LogP contribution in [0.15, 0.2) is 5.16 Å². The quantitative estimate of drug-likeness (QED) is 0.180. The summed E-state index contributed by atoms with van der Waals surface area (Å²) < 4.78 is 15.3. The first-order chi connectivity index (χ1) is 7.31. The summed E-state index contributed by atoms with van der Waals surface area (Å²) in [6, 6.07) is 0. The van der Waals surface area contributed by atoms with E-state index in [-0.39, 0.29) is 5.84 Å². The lowest BCUT2D eigenvalue weighted by Crippen LogP contribution is -2.15. The molecule has 15 heavy (non-hydrogen) atoms. The predicted octanol–water partition coefficient (Wildman–Crippen LogP) is 0.193. The Morgan fingerprint density at radius 1 is 1.13 bits per heavy atom. The molecule has 0 aliphatic carbocycles. The molecule has 0 spiro atoms. The standard InChI is InChI=1S/C9H20N2O4/c1-13-7-8-15-5-2-4-14-6-3-9(10)11-12/h12H,2-8H2,1H3,(H2,10,11). The average Bonchev–Trinajstić information content (AvgIpc) is 2.26. The summed E-state index contributed by atoms with van der Waals surface area (Å²) in [5.41, 5.74) is 5.25. The van der Waals surface area contributed by atoms with Crippen molar-refractivity contribution in [3.8, 4) is 0 Å². The first-order valence-electron chi connectivity index (χ1n) is 4.92. The fourth-order valence-corrected chi connectivity index (χ4v) is 0.836. The van der Waals surface area contributed by atoms with Gasteiger partial charge in [-0.3, -0.25) is 0 Å². The van der Waals surface area contributed by atoms with Crippen molar-refractivity contribution < 1.29 is 19.4 Å². The Morgan fingerprint density at radius 2 is 1.80 bits per heavy atom. The zero-order valence-electron chi connectivity index (χ0n) is 9.15. The highest BCUT2D eigenvalue weighted by Crippen LogP contribution is 1.88. The van der Waals surface area contributed by atoms with Crippen LogP contribution in [0.4, 0.5) is 0 Å². The molecule has 0 radical (unpaired) electrons. The minimum absolute atomic E-state index is 0.186. The monoisotopic (exact) mass is 220 g/mol. The Labute approximate surface area is 90.0 Å². The van der Waals surface area contributed by atoms with Gasteiger partial charge < -0.3 is 25.2 Å². The third kappa shape index (κ3) is 11.1. The molecule has 6 heteroatoms. The fraction of sp³-hybridized carbons (Fsp3) is 0.889. The van der Waals surface area contributed by atoms with Crippen molar-refractivity contribution in [3.05, 3.63) is 0 Å². The molecule has 90 valence electrons. The normalized spacial score (nSPS) is 11.9. The molecule has 0 aromatic heterocycles. The number of hydrogen-bond acceptors (Lipinski definition) is 5. The molecule has 0 saturated heterocycles. The molecule has 6 nitrogen and oxygen atoms in total. The van der Waals surface area contributed by atoms with Crippen LogP contribution in [0.2, 0.25) is 0 Å². The van der Waals surface area contributed by atoms with E-state index in [1.54, 1.807) is 7.11 Å². The van der Waals surface area contributed by atoms with E-state index < -0.39 is 0 Å². The third-order valence-electron chi connectivity index (χ3n) is 1.64. The van der Waals surface area contributed by atoms with Crippen LogP contribution in [0.25, 0.3) is 0 Å². The number of hydrogen-bond donors (Lipinski definition) is 2. The largest absolute Gasteiger partial charge is 0.409 e. The molecule has 0 unspecified atom stereocenters. The smallest absolute Gasteiger partial charge is 0.141 e. The molecule has 0 heterocycles. The molecule has 0 amide bonds. The van der Waals surface area contributed by atoms with Gasteiger partial charge in [-0.25, -0.2) is 0 Å². The highest BCUT2D eigenvalue weighted by atomic mass is 16.5. The molecular weight excluding hydrogens is 200 g/mol. The fourth-order valence-electron chi connectivity index (χ4n) is 0.836. The highest BCUT2D eigenvalue weighted by Gasteiger charge is 1.94. The van der Waals surface area contributed by atoms with E-state index in [0.29, 0.717) is 39.5 Å². The number of amidine groups is 1. The van der Waals surface area contributed by atoms with Crippen molar-refractivity contribution >= 4 is 5.84 Å². The lowest BCUT2D eigenvalue weighted by molar-refractivity contribution is 0.0524. The van der Waals surface area contributed by atoms with Crippen LogP contribution in [0.5, 0.6) is 0 Å². The van der Waals surface area contributed by atoms with Gasteiger partial charge in [0.15, 0.2) is 0 Å². The van der Waals surface area contributed by atoms with Gasteiger partial charge in [0.1, 0.15) is 5.84 Å².